The van der Waals surface area contributed by atoms with E-state index in [1.165, 1.54) is 0 Å². The monoisotopic (exact) mass is 228 g/mol. The second-order valence-corrected chi connectivity index (χ2v) is 4.99. The van der Waals surface area contributed by atoms with Crippen molar-refractivity contribution in [1.29, 1.82) is 0 Å². The summed E-state index contributed by atoms with van der Waals surface area (Å²) in [6, 6.07) is 5.36. The fraction of sp³-hybridized carbons (Fsp3) is 0.538. The molecular weight excluding hydrogens is 211 g/mol. The summed E-state index contributed by atoms with van der Waals surface area (Å²) in [5.74, 6) is 0.430. The highest BCUT2D eigenvalue weighted by Gasteiger charge is 2.20. The molecular formula is C13H18ClF. The van der Waals surface area contributed by atoms with E-state index in [2.05, 4.69) is 13.8 Å². The molecule has 2 atom stereocenters. The van der Waals surface area contributed by atoms with E-state index >= 15 is 0 Å². The lowest BCUT2D eigenvalue weighted by Crippen LogP contribution is -2.16. The molecule has 15 heavy (non-hydrogen) atoms. The van der Waals surface area contributed by atoms with Crippen molar-refractivity contribution in [2.75, 3.05) is 0 Å². The van der Waals surface area contributed by atoms with Gasteiger partial charge in [0.05, 0.1) is 0 Å². The molecule has 0 aliphatic rings. The maximum atomic E-state index is 13.4. The van der Waals surface area contributed by atoms with Crippen molar-refractivity contribution in [3.63, 3.8) is 0 Å². The molecule has 0 saturated carbocycles. The summed E-state index contributed by atoms with van der Waals surface area (Å²) in [5.41, 5.74) is 1.66. The van der Waals surface area contributed by atoms with Gasteiger partial charge >= 0.3 is 0 Å². The summed E-state index contributed by atoms with van der Waals surface area (Å²) in [6.07, 6.45) is 0. The lowest BCUT2D eigenvalue weighted by Gasteiger charge is -2.21. The zero-order chi connectivity index (χ0) is 11.6. The molecule has 0 aliphatic carbocycles. The van der Waals surface area contributed by atoms with Crippen LogP contribution in [0.4, 0.5) is 4.39 Å². The predicted octanol–water partition coefficient (Wildman–Crippen LogP) is 4.50. The first-order valence-electron chi connectivity index (χ1n) is 5.33. The average molecular weight is 229 g/mol. The SMILES string of the molecule is Cc1ccc(C(C)C(Cl)C(C)C)cc1F. The smallest absolute Gasteiger partial charge is 0.126 e. The Morgan fingerprint density at radius 3 is 2.27 bits per heavy atom. The number of hydrogen-bond acceptors (Lipinski definition) is 0. The van der Waals surface area contributed by atoms with Crippen molar-refractivity contribution in [1.82, 2.24) is 0 Å². The topological polar surface area (TPSA) is 0 Å². The highest BCUT2D eigenvalue weighted by molar-refractivity contribution is 6.21. The van der Waals surface area contributed by atoms with Crippen molar-refractivity contribution < 1.29 is 4.39 Å². The molecule has 0 spiro atoms. The van der Waals surface area contributed by atoms with Gasteiger partial charge in [-0.05, 0) is 36.0 Å². The van der Waals surface area contributed by atoms with Gasteiger partial charge in [0.2, 0.25) is 0 Å². The molecule has 1 rings (SSSR count). The van der Waals surface area contributed by atoms with E-state index in [0.29, 0.717) is 11.5 Å². The van der Waals surface area contributed by atoms with E-state index in [9.17, 15) is 4.39 Å². The second-order valence-electron chi connectivity index (χ2n) is 4.49. The van der Waals surface area contributed by atoms with Crippen LogP contribution in [0.25, 0.3) is 0 Å². The van der Waals surface area contributed by atoms with E-state index < -0.39 is 0 Å². The van der Waals surface area contributed by atoms with Crippen molar-refractivity contribution >= 4 is 11.6 Å². The Labute approximate surface area is 96.5 Å². The van der Waals surface area contributed by atoms with Crippen LogP contribution in [0, 0.1) is 18.7 Å². The molecule has 0 heterocycles. The zero-order valence-corrected chi connectivity index (χ0v) is 10.5. The summed E-state index contributed by atoms with van der Waals surface area (Å²) in [7, 11) is 0. The van der Waals surface area contributed by atoms with Crippen molar-refractivity contribution in [3.05, 3.63) is 35.1 Å². The van der Waals surface area contributed by atoms with Gasteiger partial charge in [-0.25, -0.2) is 4.39 Å². The molecule has 0 radical (unpaired) electrons. The maximum Gasteiger partial charge on any atom is 0.126 e. The number of benzene rings is 1. The Morgan fingerprint density at radius 1 is 1.20 bits per heavy atom. The minimum Gasteiger partial charge on any atom is -0.207 e. The Morgan fingerprint density at radius 2 is 1.80 bits per heavy atom. The number of hydrogen-bond donors (Lipinski definition) is 0. The third-order valence-electron chi connectivity index (χ3n) is 2.84. The number of halogens is 2. The number of rotatable bonds is 3. The van der Waals surface area contributed by atoms with Crippen LogP contribution >= 0.6 is 11.6 Å². The van der Waals surface area contributed by atoms with E-state index in [0.717, 1.165) is 5.56 Å². The fourth-order valence-corrected chi connectivity index (χ4v) is 1.80. The van der Waals surface area contributed by atoms with Crippen molar-refractivity contribution in [2.24, 2.45) is 5.92 Å². The highest BCUT2D eigenvalue weighted by atomic mass is 35.5. The first kappa shape index (κ1) is 12.5. The van der Waals surface area contributed by atoms with Gasteiger partial charge in [-0.1, -0.05) is 32.9 Å². The van der Waals surface area contributed by atoms with Gasteiger partial charge in [0.15, 0.2) is 0 Å². The Balaban J connectivity index is 2.91. The van der Waals surface area contributed by atoms with Crippen molar-refractivity contribution in [3.8, 4) is 0 Å². The Hall–Kier alpha value is -0.560. The lowest BCUT2D eigenvalue weighted by atomic mass is 9.91. The van der Waals surface area contributed by atoms with Gasteiger partial charge in [0.25, 0.3) is 0 Å². The summed E-state index contributed by atoms with van der Waals surface area (Å²) in [5, 5.41) is 0.0482. The number of alkyl halides is 1. The molecule has 1 aromatic carbocycles. The summed E-state index contributed by atoms with van der Waals surface area (Å²) < 4.78 is 13.4. The van der Waals surface area contributed by atoms with E-state index in [-0.39, 0.29) is 17.1 Å². The van der Waals surface area contributed by atoms with Crippen LogP contribution in [0.5, 0.6) is 0 Å². The standard InChI is InChI=1S/C13H18ClF/c1-8(2)13(14)10(4)11-6-5-9(3)12(15)7-11/h5-8,10,13H,1-4H3. The molecule has 0 fully saturated rings. The van der Waals surface area contributed by atoms with Gasteiger partial charge in [0, 0.05) is 5.38 Å². The number of aryl methyl sites for hydroxylation is 1. The molecule has 0 saturated heterocycles. The maximum absolute atomic E-state index is 13.4. The average Bonchev–Trinajstić information content (AvgIpc) is 2.19. The third kappa shape index (κ3) is 2.94. The minimum atomic E-state index is -0.146. The van der Waals surface area contributed by atoms with E-state index in [4.69, 9.17) is 11.6 Å². The first-order valence-corrected chi connectivity index (χ1v) is 5.77. The first-order chi connectivity index (χ1) is 6.93. The second kappa shape index (κ2) is 4.98. The van der Waals surface area contributed by atoms with Gasteiger partial charge in [-0.3, -0.25) is 0 Å². The van der Waals surface area contributed by atoms with Gasteiger partial charge in [-0.15, -0.1) is 11.6 Å². The molecule has 0 aliphatic heterocycles. The van der Waals surface area contributed by atoms with Crippen LogP contribution in [0.2, 0.25) is 0 Å². The van der Waals surface area contributed by atoms with E-state index in [1.54, 1.807) is 13.0 Å². The Bertz CT molecular complexity index is 333. The molecule has 1 aromatic rings. The molecule has 2 unspecified atom stereocenters. The molecule has 2 heteroatoms. The molecule has 0 bridgehead atoms. The highest BCUT2D eigenvalue weighted by Crippen LogP contribution is 2.29. The summed E-state index contributed by atoms with van der Waals surface area (Å²) in [6.45, 7) is 7.98. The quantitative estimate of drug-likeness (QED) is 0.669. The largest absolute Gasteiger partial charge is 0.207 e. The van der Waals surface area contributed by atoms with Crippen LogP contribution in [0.1, 0.15) is 37.8 Å². The van der Waals surface area contributed by atoms with Crippen LogP contribution < -0.4 is 0 Å². The zero-order valence-electron chi connectivity index (χ0n) is 9.72. The predicted molar refractivity (Wildman–Crippen MR) is 64.0 cm³/mol. The fourth-order valence-electron chi connectivity index (χ4n) is 1.65. The van der Waals surface area contributed by atoms with Crippen LogP contribution in [-0.4, -0.2) is 5.38 Å². The third-order valence-corrected chi connectivity index (χ3v) is 3.72. The van der Waals surface area contributed by atoms with E-state index in [1.807, 2.05) is 19.1 Å². The van der Waals surface area contributed by atoms with Crippen LogP contribution in [-0.2, 0) is 0 Å². The molecule has 0 N–H and O–H groups in total. The lowest BCUT2D eigenvalue weighted by molar-refractivity contribution is 0.529. The molecule has 0 nitrogen and oxygen atoms in total. The Kier molecular flexibility index (Phi) is 4.15. The molecule has 84 valence electrons. The van der Waals surface area contributed by atoms with Gasteiger partial charge in [-0.2, -0.15) is 0 Å². The normalized spacial score (nSPS) is 15.4. The summed E-state index contributed by atoms with van der Waals surface area (Å²) >= 11 is 6.27. The minimum absolute atomic E-state index is 0.0482. The molecule has 0 aromatic heterocycles. The molecule has 0 amide bonds. The summed E-state index contributed by atoms with van der Waals surface area (Å²) in [4.78, 5) is 0. The van der Waals surface area contributed by atoms with Crippen LogP contribution in [0.15, 0.2) is 18.2 Å². The van der Waals surface area contributed by atoms with Gasteiger partial charge < -0.3 is 0 Å². The van der Waals surface area contributed by atoms with Gasteiger partial charge in [0.1, 0.15) is 5.82 Å². The van der Waals surface area contributed by atoms with Crippen molar-refractivity contribution in [2.45, 2.75) is 39.0 Å². The van der Waals surface area contributed by atoms with Crippen LogP contribution in [0.3, 0.4) is 0 Å².